The molecule has 0 fully saturated rings. The van der Waals surface area contributed by atoms with Crippen LogP contribution in [0, 0.1) is 0 Å². The van der Waals surface area contributed by atoms with Gasteiger partial charge in [0.25, 0.3) is 5.91 Å². The predicted octanol–water partition coefficient (Wildman–Crippen LogP) is 4.52. The smallest absolute Gasteiger partial charge is 0.280 e. The first kappa shape index (κ1) is 17.2. The molecule has 0 saturated heterocycles. The van der Waals surface area contributed by atoms with Crippen molar-refractivity contribution in [2.75, 3.05) is 0 Å². The summed E-state index contributed by atoms with van der Waals surface area (Å²) < 4.78 is 6.73. The maximum absolute atomic E-state index is 12.2. The van der Waals surface area contributed by atoms with Crippen LogP contribution in [-0.2, 0) is 4.79 Å². The number of hydrogen-bond donors (Lipinski definition) is 1. The molecule has 0 radical (unpaired) electrons. The van der Waals surface area contributed by atoms with E-state index in [0.29, 0.717) is 5.75 Å². The number of carbonyl (C=O) groups is 1. The number of halogens is 1. The molecule has 0 saturated carbocycles. The van der Waals surface area contributed by atoms with E-state index in [-0.39, 0.29) is 5.91 Å². The summed E-state index contributed by atoms with van der Waals surface area (Å²) >= 11 is 3.43. The van der Waals surface area contributed by atoms with Gasteiger partial charge < -0.3 is 4.74 Å². The van der Waals surface area contributed by atoms with Gasteiger partial charge in [-0.25, -0.2) is 5.43 Å². The molecule has 0 spiro atoms. The minimum atomic E-state index is -0.665. The molecule has 5 heteroatoms. The van der Waals surface area contributed by atoms with Crippen LogP contribution >= 0.6 is 15.9 Å². The molecule has 0 aliphatic carbocycles. The molecular weight excluding hydrogens is 380 g/mol. The van der Waals surface area contributed by atoms with Gasteiger partial charge in [-0.2, -0.15) is 5.10 Å². The number of carbonyl (C=O) groups excluding carboxylic acids is 1. The molecule has 1 atom stereocenters. The Kier molecular flexibility index (Phi) is 5.46. The average molecular weight is 397 g/mol. The van der Waals surface area contributed by atoms with E-state index in [4.69, 9.17) is 4.74 Å². The van der Waals surface area contributed by atoms with Gasteiger partial charge in [-0.3, -0.25) is 4.79 Å². The molecule has 0 aliphatic rings. The number of hydrazone groups is 1. The third kappa shape index (κ3) is 4.25. The quantitative estimate of drug-likeness (QED) is 0.509. The monoisotopic (exact) mass is 396 g/mol. The van der Waals surface area contributed by atoms with Gasteiger partial charge in [-0.15, -0.1) is 0 Å². The lowest BCUT2D eigenvalue weighted by molar-refractivity contribution is -0.127. The maximum Gasteiger partial charge on any atom is 0.280 e. The predicted molar refractivity (Wildman–Crippen MR) is 104 cm³/mol. The lowest BCUT2D eigenvalue weighted by Gasteiger charge is -2.14. The molecule has 3 rings (SSSR count). The van der Waals surface area contributed by atoms with Crippen molar-refractivity contribution >= 4 is 38.8 Å². The van der Waals surface area contributed by atoms with Crippen LogP contribution < -0.4 is 10.2 Å². The fourth-order valence-electron chi connectivity index (χ4n) is 2.38. The number of nitrogens with one attached hydrogen (secondary N) is 1. The van der Waals surface area contributed by atoms with Crippen LogP contribution in [0.15, 0.2) is 76.3 Å². The zero-order valence-electron chi connectivity index (χ0n) is 13.6. The molecule has 1 N–H and O–H groups in total. The van der Waals surface area contributed by atoms with E-state index in [2.05, 4.69) is 26.5 Å². The van der Waals surface area contributed by atoms with Crippen molar-refractivity contribution in [2.45, 2.75) is 13.0 Å². The van der Waals surface area contributed by atoms with Gasteiger partial charge in [0, 0.05) is 15.4 Å². The van der Waals surface area contributed by atoms with Gasteiger partial charge in [-0.05, 0) is 24.4 Å². The first-order chi connectivity index (χ1) is 12.1. The second kappa shape index (κ2) is 7.94. The molecule has 0 aliphatic heterocycles. The summed E-state index contributed by atoms with van der Waals surface area (Å²) in [6, 6.07) is 21.3. The Morgan fingerprint density at radius 1 is 1.08 bits per heavy atom. The average Bonchev–Trinajstić information content (AvgIpc) is 2.63. The molecule has 3 aromatic rings. The first-order valence-electron chi connectivity index (χ1n) is 7.87. The fourth-order valence-corrected chi connectivity index (χ4v) is 2.77. The van der Waals surface area contributed by atoms with Crippen molar-refractivity contribution in [2.24, 2.45) is 5.10 Å². The molecule has 1 amide bonds. The summed E-state index contributed by atoms with van der Waals surface area (Å²) in [6.07, 6.45) is 0.925. The third-order valence-electron chi connectivity index (χ3n) is 3.71. The number of hydrogen-bond acceptors (Lipinski definition) is 3. The summed E-state index contributed by atoms with van der Waals surface area (Å²) in [6.45, 7) is 1.70. The molecule has 4 nitrogen and oxygen atoms in total. The fraction of sp³-hybridized carbons (Fsp3) is 0.100. The van der Waals surface area contributed by atoms with Crippen molar-refractivity contribution in [1.29, 1.82) is 0 Å². The second-order valence-corrected chi connectivity index (χ2v) is 6.35. The van der Waals surface area contributed by atoms with Crippen LogP contribution in [0.3, 0.4) is 0 Å². The number of nitrogens with zero attached hydrogens (tertiary/aromatic N) is 1. The van der Waals surface area contributed by atoms with E-state index >= 15 is 0 Å². The second-order valence-electron chi connectivity index (χ2n) is 5.49. The highest BCUT2D eigenvalue weighted by molar-refractivity contribution is 9.10. The van der Waals surface area contributed by atoms with E-state index in [9.17, 15) is 4.79 Å². The summed E-state index contributed by atoms with van der Waals surface area (Å²) in [5, 5.41) is 6.04. The number of ether oxygens (including phenoxy) is 1. The van der Waals surface area contributed by atoms with Gasteiger partial charge in [0.05, 0.1) is 6.21 Å². The van der Waals surface area contributed by atoms with Crippen molar-refractivity contribution in [1.82, 2.24) is 5.43 Å². The van der Waals surface area contributed by atoms with Crippen LogP contribution in [0.1, 0.15) is 12.5 Å². The Bertz CT molecular complexity index is 919. The minimum Gasteiger partial charge on any atom is -0.480 e. The molecule has 126 valence electrons. The zero-order chi connectivity index (χ0) is 17.6. The SMILES string of the molecule is CC(Oc1cccc2ccccc12)C(=O)NN=Cc1ccccc1Br. The van der Waals surface area contributed by atoms with Gasteiger partial charge in [0.2, 0.25) is 0 Å². The van der Waals surface area contributed by atoms with Crippen LogP contribution in [0.2, 0.25) is 0 Å². The largest absolute Gasteiger partial charge is 0.480 e. The van der Waals surface area contributed by atoms with Crippen molar-refractivity contribution < 1.29 is 9.53 Å². The summed E-state index contributed by atoms with van der Waals surface area (Å²) in [5.41, 5.74) is 3.39. The van der Waals surface area contributed by atoms with Gasteiger partial charge in [0.1, 0.15) is 5.75 Å². The molecule has 0 bridgehead atoms. The minimum absolute atomic E-state index is 0.309. The molecule has 3 aromatic carbocycles. The van der Waals surface area contributed by atoms with Crippen molar-refractivity contribution in [3.63, 3.8) is 0 Å². The van der Waals surface area contributed by atoms with Crippen LogP contribution in [-0.4, -0.2) is 18.2 Å². The lowest BCUT2D eigenvalue weighted by Crippen LogP contribution is -2.33. The van der Waals surface area contributed by atoms with E-state index in [1.54, 1.807) is 13.1 Å². The van der Waals surface area contributed by atoms with Gasteiger partial charge in [-0.1, -0.05) is 70.5 Å². The summed E-state index contributed by atoms with van der Waals surface area (Å²) in [7, 11) is 0. The van der Waals surface area contributed by atoms with E-state index in [0.717, 1.165) is 20.8 Å². The summed E-state index contributed by atoms with van der Waals surface area (Å²) in [5.74, 6) is 0.367. The highest BCUT2D eigenvalue weighted by Gasteiger charge is 2.15. The Morgan fingerprint density at radius 3 is 2.64 bits per heavy atom. The molecule has 0 aromatic heterocycles. The normalized spacial score (nSPS) is 12.2. The van der Waals surface area contributed by atoms with Gasteiger partial charge >= 0.3 is 0 Å². The number of fused-ring (bicyclic) bond motifs is 1. The van der Waals surface area contributed by atoms with E-state index in [1.165, 1.54) is 0 Å². The van der Waals surface area contributed by atoms with Gasteiger partial charge in [0.15, 0.2) is 6.10 Å². The van der Waals surface area contributed by atoms with Crippen molar-refractivity contribution in [3.8, 4) is 5.75 Å². The number of benzene rings is 3. The first-order valence-corrected chi connectivity index (χ1v) is 8.66. The Labute approximate surface area is 154 Å². The Balaban J connectivity index is 1.65. The maximum atomic E-state index is 12.2. The molecule has 25 heavy (non-hydrogen) atoms. The number of amides is 1. The van der Waals surface area contributed by atoms with Crippen LogP contribution in [0.25, 0.3) is 10.8 Å². The highest BCUT2D eigenvalue weighted by atomic mass is 79.9. The Morgan fingerprint density at radius 2 is 1.80 bits per heavy atom. The summed E-state index contributed by atoms with van der Waals surface area (Å²) in [4.78, 5) is 12.2. The Hall–Kier alpha value is -2.66. The van der Waals surface area contributed by atoms with Crippen LogP contribution in [0.4, 0.5) is 0 Å². The third-order valence-corrected chi connectivity index (χ3v) is 4.43. The molecule has 0 heterocycles. The topological polar surface area (TPSA) is 50.7 Å². The van der Waals surface area contributed by atoms with Crippen molar-refractivity contribution in [3.05, 3.63) is 76.8 Å². The van der Waals surface area contributed by atoms with E-state index in [1.807, 2.05) is 66.7 Å². The highest BCUT2D eigenvalue weighted by Crippen LogP contribution is 2.26. The molecular formula is C20H17BrN2O2. The zero-order valence-corrected chi connectivity index (χ0v) is 15.2. The van der Waals surface area contributed by atoms with E-state index < -0.39 is 6.10 Å². The van der Waals surface area contributed by atoms with Crippen LogP contribution in [0.5, 0.6) is 5.75 Å². The lowest BCUT2D eigenvalue weighted by atomic mass is 10.1. The molecule has 1 unspecified atom stereocenters. The number of rotatable bonds is 5. The standard InChI is InChI=1S/C20H17BrN2O2/c1-14(20(24)23-22-13-16-8-3-5-11-18(16)21)25-19-12-6-9-15-7-2-4-10-17(15)19/h2-14H,1H3,(H,23,24).